The highest BCUT2D eigenvalue weighted by atomic mass is 35.5. The van der Waals surface area contributed by atoms with Crippen molar-refractivity contribution in [3.63, 3.8) is 0 Å². The molecule has 0 radical (unpaired) electrons. The number of aromatic nitrogens is 2. The Labute approximate surface area is 154 Å². The van der Waals surface area contributed by atoms with E-state index < -0.39 is 0 Å². The lowest BCUT2D eigenvalue weighted by molar-refractivity contribution is 0.102. The molecule has 0 aliphatic rings. The topological polar surface area (TPSA) is 54.9 Å². The average Bonchev–Trinajstić information content (AvgIpc) is 3.18. The molecule has 1 N–H and O–H groups in total. The Morgan fingerprint density at radius 1 is 1.22 bits per heavy atom. The Balaban J connectivity index is 1.62. The Morgan fingerprint density at radius 2 is 2.00 bits per heavy atom. The normalized spacial score (nSPS) is 10.7. The van der Waals surface area contributed by atoms with Crippen molar-refractivity contribution in [3.05, 3.63) is 56.2 Å². The number of hydrogen-bond donors (Lipinski definition) is 1. The van der Waals surface area contributed by atoms with Crippen molar-refractivity contribution in [2.45, 2.75) is 10.1 Å². The first-order chi connectivity index (χ1) is 11.1. The number of amides is 1. The van der Waals surface area contributed by atoms with E-state index in [9.17, 15) is 4.79 Å². The molecule has 118 valence electrons. The lowest BCUT2D eigenvalue weighted by atomic mass is 10.2. The van der Waals surface area contributed by atoms with E-state index in [0.29, 0.717) is 26.5 Å². The fraction of sp³-hybridized carbons (Fsp3) is 0.0714. The number of thioether (sulfide) groups is 1. The minimum Gasteiger partial charge on any atom is -0.296 e. The number of benzene rings is 1. The fourth-order valence-electron chi connectivity index (χ4n) is 1.69. The number of anilines is 1. The summed E-state index contributed by atoms with van der Waals surface area (Å²) in [7, 11) is 0. The van der Waals surface area contributed by atoms with E-state index in [1.54, 1.807) is 23.6 Å². The lowest BCUT2D eigenvalue weighted by Gasteiger charge is -2.04. The van der Waals surface area contributed by atoms with Gasteiger partial charge in [-0.05, 0) is 29.1 Å². The van der Waals surface area contributed by atoms with Gasteiger partial charge in [-0.3, -0.25) is 10.1 Å². The second-order valence-electron chi connectivity index (χ2n) is 4.33. The zero-order chi connectivity index (χ0) is 16.2. The van der Waals surface area contributed by atoms with Crippen LogP contribution in [0.2, 0.25) is 10.0 Å². The van der Waals surface area contributed by atoms with Crippen LogP contribution in [0, 0.1) is 0 Å². The molecule has 0 atom stereocenters. The number of thiophene rings is 1. The van der Waals surface area contributed by atoms with E-state index in [0.717, 1.165) is 9.90 Å². The van der Waals surface area contributed by atoms with Crippen molar-refractivity contribution in [2.24, 2.45) is 0 Å². The number of carbonyl (C=O) groups is 1. The third-order valence-electron chi connectivity index (χ3n) is 2.81. The van der Waals surface area contributed by atoms with Crippen LogP contribution in [0.15, 0.2) is 39.4 Å². The average molecular weight is 402 g/mol. The number of nitrogens with one attached hydrogen (secondary N) is 1. The number of rotatable bonds is 5. The van der Waals surface area contributed by atoms with E-state index in [2.05, 4.69) is 15.5 Å². The van der Waals surface area contributed by atoms with Crippen LogP contribution in [-0.4, -0.2) is 16.1 Å². The van der Waals surface area contributed by atoms with Crippen LogP contribution >= 0.6 is 57.6 Å². The molecule has 1 aromatic carbocycles. The zero-order valence-electron chi connectivity index (χ0n) is 11.5. The predicted molar refractivity (Wildman–Crippen MR) is 98.2 cm³/mol. The Hall–Kier alpha value is -1.12. The van der Waals surface area contributed by atoms with Crippen LogP contribution in [0.25, 0.3) is 0 Å². The molecule has 23 heavy (non-hydrogen) atoms. The lowest BCUT2D eigenvalue weighted by Crippen LogP contribution is -2.10. The van der Waals surface area contributed by atoms with Gasteiger partial charge in [0.2, 0.25) is 5.13 Å². The van der Waals surface area contributed by atoms with Crippen LogP contribution in [0.3, 0.4) is 0 Å². The van der Waals surface area contributed by atoms with Gasteiger partial charge in [0.25, 0.3) is 5.91 Å². The van der Waals surface area contributed by atoms with Gasteiger partial charge in [-0.1, -0.05) is 52.4 Å². The van der Waals surface area contributed by atoms with Crippen molar-refractivity contribution in [3.8, 4) is 0 Å². The molecule has 3 rings (SSSR count). The first-order valence-corrected chi connectivity index (χ1v) is 9.86. The van der Waals surface area contributed by atoms with Crippen molar-refractivity contribution < 1.29 is 4.79 Å². The highest BCUT2D eigenvalue weighted by Gasteiger charge is 2.12. The second kappa shape index (κ2) is 7.63. The van der Waals surface area contributed by atoms with Crippen molar-refractivity contribution in [1.29, 1.82) is 0 Å². The first-order valence-electron chi connectivity index (χ1n) is 6.36. The highest BCUT2D eigenvalue weighted by Crippen LogP contribution is 2.33. The second-order valence-corrected chi connectivity index (χ2v) is 8.12. The SMILES string of the molecule is O=C(Nc1nnc(SCc2c(Cl)cccc2Cl)s1)c1ccsc1. The predicted octanol–water partition coefficient (Wildman–Crippen LogP) is 5.45. The van der Waals surface area contributed by atoms with Gasteiger partial charge >= 0.3 is 0 Å². The van der Waals surface area contributed by atoms with Gasteiger partial charge in [-0.2, -0.15) is 11.3 Å². The zero-order valence-corrected chi connectivity index (χ0v) is 15.4. The largest absolute Gasteiger partial charge is 0.296 e. The smallest absolute Gasteiger partial charge is 0.258 e. The molecule has 2 heterocycles. The summed E-state index contributed by atoms with van der Waals surface area (Å²) in [6, 6.07) is 7.17. The summed E-state index contributed by atoms with van der Waals surface area (Å²) in [5, 5.41) is 16.1. The minimum atomic E-state index is -0.187. The number of carbonyl (C=O) groups excluding carboxylic acids is 1. The maximum absolute atomic E-state index is 11.9. The van der Waals surface area contributed by atoms with E-state index >= 15 is 0 Å². The van der Waals surface area contributed by atoms with Crippen molar-refractivity contribution in [1.82, 2.24) is 10.2 Å². The number of halogens is 2. The molecule has 0 saturated heterocycles. The maximum atomic E-state index is 11.9. The summed E-state index contributed by atoms with van der Waals surface area (Å²) >= 11 is 16.5. The molecule has 4 nitrogen and oxygen atoms in total. The molecular formula is C14H9Cl2N3OS3. The third kappa shape index (κ3) is 4.24. The third-order valence-corrected chi connectivity index (χ3v) is 6.20. The highest BCUT2D eigenvalue weighted by molar-refractivity contribution is 8.00. The summed E-state index contributed by atoms with van der Waals surface area (Å²) in [4.78, 5) is 11.9. The van der Waals surface area contributed by atoms with E-state index in [-0.39, 0.29) is 5.91 Å². The van der Waals surface area contributed by atoms with Crippen LogP contribution in [0.1, 0.15) is 15.9 Å². The molecule has 0 aliphatic carbocycles. The van der Waals surface area contributed by atoms with Gasteiger partial charge in [0.15, 0.2) is 4.34 Å². The molecule has 0 saturated carbocycles. The molecule has 0 bridgehead atoms. The van der Waals surface area contributed by atoms with E-state index in [1.807, 2.05) is 11.4 Å². The monoisotopic (exact) mass is 401 g/mol. The molecule has 0 spiro atoms. The van der Waals surface area contributed by atoms with Gasteiger partial charge in [-0.25, -0.2) is 0 Å². The Bertz CT molecular complexity index is 800. The summed E-state index contributed by atoms with van der Waals surface area (Å²) in [6.07, 6.45) is 0. The fourth-order valence-corrected chi connectivity index (χ4v) is 4.81. The molecule has 0 unspecified atom stereocenters. The van der Waals surface area contributed by atoms with Crippen LogP contribution in [0.5, 0.6) is 0 Å². The van der Waals surface area contributed by atoms with Crippen LogP contribution in [-0.2, 0) is 5.75 Å². The Kier molecular flexibility index (Phi) is 5.55. The molecule has 9 heteroatoms. The van der Waals surface area contributed by atoms with Gasteiger partial charge < -0.3 is 0 Å². The summed E-state index contributed by atoms with van der Waals surface area (Å²) in [5.41, 5.74) is 1.47. The summed E-state index contributed by atoms with van der Waals surface area (Å²) < 4.78 is 0.738. The van der Waals surface area contributed by atoms with E-state index in [4.69, 9.17) is 23.2 Å². The maximum Gasteiger partial charge on any atom is 0.258 e. The molecule has 1 amide bonds. The van der Waals surface area contributed by atoms with E-state index in [1.165, 1.54) is 34.4 Å². The molecule has 3 aromatic rings. The quantitative estimate of drug-likeness (QED) is 0.455. The molecule has 2 aromatic heterocycles. The Morgan fingerprint density at radius 3 is 2.70 bits per heavy atom. The summed E-state index contributed by atoms with van der Waals surface area (Å²) in [6.45, 7) is 0. The first kappa shape index (κ1) is 16.7. The van der Waals surface area contributed by atoms with Crippen molar-refractivity contribution >= 4 is 68.7 Å². The molecule has 0 fully saturated rings. The molecular weight excluding hydrogens is 393 g/mol. The summed E-state index contributed by atoms with van der Waals surface area (Å²) in [5.74, 6) is 0.402. The van der Waals surface area contributed by atoms with Crippen LogP contribution < -0.4 is 5.32 Å². The number of hydrogen-bond acceptors (Lipinski definition) is 6. The molecule has 0 aliphatic heterocycles. The van der Waals surface area contributed by atoms with Gasteiger partial charge in [0, 0.05) is 21.2 Å². The van der Waals surface area contributed by atoms with Gasteiger partial charge in [-0.15, -0.1) is 10.2 Å². The van der Waals surface area contributed by atoms with Gasteiger partial charge in [0.05, 0.1) is 5.56 Å². The standard InChI is InChI=1S/C14H9Cl2N3OS3/c15-10-2-1-3-11(16)9(10)7-22-14-19-18-13(23-14)17-12(20)8-4-5-21-6-8/h1-6H,7H2,(H,17,18,20). The van der Waals surface area contributed by atoms with Crippen molar-refractivity contribution in [2.75, 3.05) is 5.32 Å². The number of nitrogens with zero attached hydrogens (tertiary/aromatic N) is 2. The van der Waals surface area contributed by atoms with Gasteiger partial charge in [0.1, 0.15) is 0 Å². The minimum absolute atomic E-state index is 0.187. The van der Waals surface area contributed by atoms with Crippen LogP contribution in [0.4, 0.5) is 5.13 Å².